The van der Waals surface area contributed by atoms with E-state index >= 15 is 0 Å². The molecule has 1 aliphatic rings. The average molecular weight is 400 g/mol. The van der Waals surface area contributed by atoms with Crippen molar-refractivity contribution in [3.8, 4) is 0 Å². The third-order valence-corrected chi connectivity index (χ3v) is 6.78. The molecule has 10 heteroatoms. The van der Waals surface area contributed by atoms with E-state index in [1.165, 1.54) is 23.4 Å². The predicted octanol–water partition coefficient (Wildman–Crippen LogP) is 1.15. The van der Waals surface area contributed by atoms with Crippen molar-refractivity contribution in [2.45, 2.75) is 18.7 Å². The largest absolute Gasteiger partial charge is 0.353 e. The fraction of sp³-hybridized carbons (Fsp3) is 0.333. The number of carbonyl (C=O) groups is 1. The van der Waals surface area contributed by atoms with E-state index in [0.29, 0.717) is 43.2 Å². The van der Waals surface area contributed by atoms with Crippen LogP contribution in [0.15, 0.2) is 41.3 Å². The molecule has 0 saturated carbocycles. The first kappa shape index (κ1) is 18.5. The van der Waals surface area contributed by atoms with Crippen molar-refractivity contribution in [1.82, 2.24) is 24.1 Å². The number of aromatic nitrogens is 4. The van der Waals surface area contributed by atoms with Crippen molar-refractivity contribution in [2.24, 2.45) is 0 Å². The van der Waals surface area contributed by atoms with Gasteiger partial charge in [-0.1, -0.05) is 12.1 Å². The zero-order valence-corrected chi connectivity index (χ0v) is 16.4. The van der Waals surface area contributed by atoms with Gasteiger partial charge >= 0.3 is 0 Å². The van der Waals surface area contributed by atoms with Crippen LogP contribution in [0.25, 0.3) is 5.65 Å². The molecular weight excluding hydrogens is 380 g/mol. The molecule has 0 radical (unpaired) electrons. The van der Waals surface area contributed by atoms with Gasteiger partial charge in [0, 0.05) is 31.7 Å². The average Bonchev–Trinajstić information content (AvgIpc) is 3.08. The van der Waals surface area contributed by atoms with Gasteiger partial charge in [0.1, 0.15) is 5.82 Å². The highest BCUT2D eigenvalue weighted by molar-refractivity contribution is 7.89. The van der Waals surface area contributed by atoms with Crippen LogP contribution in [0.3, 0.4) is 0 Å². The molecule has 3 heterocycles. The minimum Gasteiger partial charge on any atom is -0.353 e. The highest BCUT2D eigenvalue weighted by atomic mass is 32.2. The molecule has 9 nitrogen and oxygen atoms in total. The Hall–Kier alpha value is -2.85. The Kier molecular flexibility index (Phi) is 4.60. The van der Waals surface area contributed by atoms with Crippen LogP contribution in [0.4, 0.5) is 5.82 Å². The number of hydrogen-bond donors (Lipinski definition) is 0. The summed E-state index contributed by atoms with van der Waals surface area (Å²) in [7, 11) is -3.59. The van der Waals surface area contributed by atoms with E-state index < -0.39 is 10.0 Å². The minimum absolute atomic E-state index is 0.0923. The van der Waals surface area contributed by atoms with Gasteiger partial charge in [-0.15, -0.1) is 15.3 Å². The molecule has 0 aliphatic carbocycles. The number of hydrogen-bond acceptors (Lipinski definition) is 7. The number of nitrogens with zero attached hydrogens (tertiary/aromatic N) is 6. The Bertz CT molecular complexity index is 1130. The van der Waals surface area contributed by atoms with E-state index in [0.717, 1.165) is 5.82 Å². The van der Waals surface area contributed by atoms with Crippen molar-refractivity contribution in [3.63, 3.8) is 0 Å². The molecule has 1 aliphatic heterocycles. The Labute approximate surface area is 162 Å². The van der Waals surface area contributed by atoms with Crippen molar-refractivity contribution >= 4 is 27.3 Å². The van der Waals surface area contributed by atoms with Crippen molar-refractivity contribution in [1.29, 1.82) is 0 Å². The molecule has 1 aromatic carbocycles. The summed E-state index contributed by atoms with van der Waals surface area (Å²) in [5.74, 6) is 1.37. The smallest absolute Gasteiger partial charge is 0.243 e. The van der Waals surface area contributed by atoms with Gasteiger partial charge < -0.3 is 4.90 Å². The first-order chi connectivity index (χ1) is 13.4. The number of Topliss-reactive ketones (excluding diaryl/α,β-unsaturated/α-hetero) is 1. The molecule has 0 atom stereocenters. The van der Waals surface area contributed by atoms with Gasteiger partial charge in [0.15, 0.2) is 17.3 Å². The summed E-state index contributed by atoms with van der Waals surface area (Å²) in [6, 6.07) is 9.79. The van der Waals surface area contributed by atoms with Gasteiger partial charge in [-0.05, 0) is 38.1 Å². The first-order valence-electron chi connectivity index (χ1n) is 8.91. The standard InChI is InChI=1S/C18H20N6O3S/c1-13(25)15-3-5-16(6-4-15)28(26,27)23-11-9-22(10-12-23)18-8-7-17-20-19-14(2)24(17)21-18/h3-8H,9-12H2,1-2H3. The second-order valence-electron chi connectivity index (χ2n) is 6.68. The van der Waals surface area contributed by atoms with Crippen LogP contribution in [-0.4, -0.2) is 64.5 Å². The van der Waals surface area contributed by atoms with E-state index in [1.807, 2.05) is 24.0 Å². The molecule has 0 bridgehead atoms. The van der Waals surface area contributed by atoms with Crippen LogP contribution >= 0.6 is 0 Å². The zero-order valence-electron chi connectivity index (χ0n) is 15.6. The second-order valence-corrected chi connectivity index (χ2v) is 8.62. The molecule has 1 fully saturated rings. The quantitative estimate of drug-likeness (QED) is 0.606. The fourth-order valence-electron chi connectivity index (χ4n) is 3.22. The number of aryl methyl sites for hydroxylation is 1. The van der Waals surface area contributed by atoms with E-state index in [9.17, 15) is 13.2 Å². The lowest BCUT2D eigenvalue weighted by molar-refractivity contribution is 0.101. The molecule has 4 rings (SSSR count). The molecule has 0 spiro atoms. The van der Waals surface area contributed by atoms with Gasteiger partial charge in [-0.3, -0.25) is 4.79 Å². The number of fused-ring (bicyclic) bond motifs is 1. The minimum atomic E-state index is -3.59. The fourth-order valence-corrected chi connectivity index (χ4v) is 4.65. The third-order valence-electron chi connectivity index (χ3n) is 4.87. The van der Waals surface area contributed by atoms with Crippen molar-refractivity contribution < 1.29 is 13.2 Å². The Balaban J connectivity index is 1.49. The predicted molar refractivity (Wildman–Crippen MR) is 103 cm³/mol. The monoisotopic (exact) mass is 400 g/mol. The highest BCUT2D eigenvalue weighted by Crippen LogP contribution is 2.21. The number of carbonyl (C=O) groups excluding carboxylic acids is 1. The van der Waals surface area contributed by atoms with Crippen molar-refractivity contribution in [3.05, 3.63) is 47.8 Å². The molecule has 0 N–H and O–H groups in total. The van der Waals surface area contributed by atoms with E-state index in [1.54, 1.807) is 16.6 Å². The van der Waals surface area contributed by atoms with Crippen LogP contribution in [0.5, 0.6) is 0 Å². The zero-order chi connectivity index (χ0) is 19.9. The number of anilines is 1. The summed E-state index contributed by atoms with van der Waals surface area (Å²) in [6.07, 6.45) is 0. The SMILES string of the molecule is CC(=O)c1ccc(S(=O)(=O)N2CCN(c3ccc4nnc(C)n4n3)CC2)cc1. The van der Waals surface area contributed by atoms with E-state index in [4.69, 9.17) is 0 Å². The van der Waals surface area contributed by atoms with Crippen LogP contribution in [0, 0.1) is 6.92 Å². The van der Waals surface area contributed by atoms with Gasteiger partial charge in [0.2, 0.25) is 10.0 Å². The maximum Gasteiger partial charge on any atom is 0.243 e. The maximum absolute atomic E-state index is 12.9. The van der Waals surface area contributed by atoms with Crippen LogP contribution in [0.2, 0.25) is 0 Å². The molecular formula is C18H20N6O3S. The molecule has 2 aromatic heterocycles. The summed E-state index contributed by atoms with van der Waals surface area (Å²) >= 11 is 0. The molecule has 0 amide bonds. The second kappa shape index (κ2) is 6.95. The highest BCUT2D eigenvalue weighted by Gasteiger charge is 2.29. The van der Waals surface area contributed by atoms with Crippen LogP contribution in [0.1, 0.15) is 23.1 Å². The summed E-state index contributed by atoms with van der Waals surface area (Å²) in [6.45, 7) is 5.07. The maximum atomic E-state index is 12.9. The molecule has 1 saturated heterocycles. The Morgan fingerprint density at radius 3 is 2.29 bits per heavy atom. The number of benzene rings is 1. The van der Waals surface area contributed by atoms with Gasteiger partial charge in [0.25, 0.3) is 0 Å². The van der Waals surface area contributed by atoms with Gasteiger partial charge in [0.05, 0.1) is 4.90 Å². The summed E-state index contributed by atoms with van der Waals surface area (Å²) in [5.41, 5.74) is 1.17. The summed E-state index contributed by atoms with van der Waals surface area (Å²) in [4.78, 5) is 13.6. The number of rotatable bonds is 4. The number of piperazine rings is 1. The normalized spacial score (nSPS) is 15.9. The van der Waals surface area contributed by atoms with Gasteiger partial charge in [-0.2, -0.15) is 8.82 Å². The summed E-state index contributed by atoms with van der Waals surface area (Å²) in [5, 5.41) is 12.6. The van der Waals surface area contributed by atoms with Crippen LogP contribution in [-0.2, 0) is 10.0 Å². The molecule has 28 heavy (non-hydrogen) atoms. The van der Waals surface area contributed by atoms with E-state index in [2.05, 4.69) is 15.3 Å². The van der Waals surface area contributed by atoms with Crippen LogP contribution < -0.4 is 4.90 Å². The lowest BCUT2D eigenvalue weighted by atomic mass is 10.2. The lowest BCUT2D eigenvalue weighted by Crippen LogP contribution is -2.49. The molecule has 146 valence electrons. The Morgan fingerprint density at radius 1 is 0.964 bits per heavy atom. The first-order valence-corrected chi connectivity index (χ1v) is 10.4. The van der Waals surface area contributed by atoms with Gasteiger partial charge in [-0.25, -0.2) is 8.42 Å². The number of ketones is 1. The molecule has 0 unspecified atom stereocenters. The Morgan fingerprint density at radius 2 is 1.64 bits per heavy atom. The molecule has 3 aromatic rings. The topological polar surface area (TPSA) is 101 Å². The van der Waals surface area contributed by atoms with Crippen molar-refractivity contribution in [2.75, 3.05) is 31.1 Å². The lowest BCUT2D eigenvalue weighted by Gasteiger charge is -2.34. The third kappa shape index (κ3) is 3.25. The summed E-state index contributed by atoms with van der Waals surface area (Å²) < 4.78 is 28.9. The van der Waals surface area contributed by atoms with E-state index in [-0.39, 0.29) is 10.7 Å². The number of sulfonamides is 1.